The number of carbonyl (C=O) groups is 1. The molecular weight excluding hydrogens is 322 g/mol. The molecular formula is C18H23N3O2S. The van der Waals surface area contributed by atoms with Crippen molar-refractivity contribution in [1.29, 1.82) is 0 Å². The Morgan fingerprint density at radius 3 is 2.67 bits per heavy atom. The summed E-state index contributed by atoms with van der Waals surface area (Å²) < 4.78 is 1.22. The molecule has 1 aromatic heterocycles. The Balaban J connectivity index is 1.40. The van der Waals surface area contributed by atoms with Crippen LogP contribution >= 0.6 is 11.3 Å². The Morgan fingerprint density at radius 2 is 2.00 bits per heavy atom. The lowest BCUT2D eigenvalue weighted by atomic mass is 9.95. The molecule has 1 saturated carbocycles. The molecule has 128 valence electrons. The van der Waals surface area contributed by atoms with E-state index in [-0.39, 0.29) is 18.4 Å². The molecule has 2 heterocycles. The van der Waals surface area contributed by atoms with Crippen molar-refractivity contribution < 1.29 is 9.90 Å². The first-order valence-electron chi connectivity index (χ1n) is 8.78. The van der Waals surface area contributed by atoms with Crippen LogP contribution in [0.4, 0.5) is 5.13 Å². The summed E-state index contributed by atoms with van der Waals surface area (Å²) in [5, 5.41) is 10.3. The molecule has 6 heteroatoms. The molecule has 1 aliphatic heterocycles. The van der Waals surface area contributed by atoms with Crippen LogP contribution < -0.4 is 4.90 Å². The molecule has 0 spiro atoms. The molecule has 1 aliphatic carbocycles. The highest BCUT2D eigenvalue weighted by Crippen LogP contribution is 2.33. The summed E-state index contributed by atoms with van der Waals surface area (Å²) in [6.45, 7) is 2.32. The number of amides is 1. The van der Waals surface area contributed by atoms with Crippen molar-refractivity contribution in [2.24, 2.45) is 5.92 Å². The van der Waals surface area contributed by atoms with Crippen LogP contribution in [0.25, 0.3) is 10.2 Å². The van der Waals surface area contributed by atoms with Gasteiger partial charge in [-0.2, -0.15) is 0 Å². The van der Waals surface area contributed by atoms with E-state index < -0.39 is 0 Å². The number of aliphatic hydroxyl groups is 1. The minimum Gasteiger partial charge on any atom is -0.395 e. The van der Waals surface area contributed by atoms with Gasteiger partial charge in [-0.05, 0) is 37.8 Å². The molecule has 2 aliphatic rings. The third-order valence-electron chi connectivity index (χ3n) is 5.01. The van der Waals surface area contributed by atoms with Crippen LogP contribution in [0.5, 0.6) is 0 Å². The van der Waals surface area contributed by atoms with Gasteiger partial charge < -0.3 is 14.9 Å². The molecule has 2 fully saturated rings. The lowest BCUT2D eigenvalue weighted by molar-refractivity contribution is -0.137. The molecule has 2 aromatic rings. The van der Waals surface area contributed by atoms with Crippen LogP contribution in [-0.4, -0.2) is 53.2 Å². The van der Waals surface area contributed by atoms with E-state index in [1.165, 1.54) is 4.70 Å². The van der Waals surface area contributed by atoms with Gasteiger partial charge in [0.15, 0.2) is 5.13 Å². The van der Waals surface area contributed by atoms with Crippen LogP contribution in [0.1, 0.15) is 25.7 Å². The average Bonchev–Trinajstić information content (AvgIpc) is 3.37. The first kappa shape index (κ1) is 15.8. The van der Waals surface area contributed by atoms with E-state index >= 15 is 0 Å². The second-order valence-corrected chi connectivity index (χ2v) is 7.72. The standard InChI is InChI=1S/C18H23N3O2S/c22-12-11-21(14-5-6-14)17(23)13-7-9-20(10-8-13)18-19-15-3-1-2-4-16(15)24-18/h1-4,13-14,22H,5-12H2. The molecule has 4 rings (SSSR count). The van der Waals surface area contributed by atoms with E-state index in [9.17, 15) is 9.90 Å². The first-order valence-corrected chi connectivity index (χ1v) is 9.60. The largest absolute Gasteiger partial charge is 0.395 e. The summed E-state index contributed by atoms with van der Waals surface area (Å²) in [6.07, 6.45) is 3.94. The highest BCUT2D eigenvalue weighted by molar-refractivity contribution is 7.22. The fraction of sp³-hybridized carbons (Fsp3) is 0.556. The molecule has 1 N–H and O–H groups in total. The zero-order valence-corrected chi connectivity index (χ0v) is 14.5. The lowest BCUT2D eigenvalue weighted by Gasteiger charge is -2.34. The Hall–Kier alpha value is -1.66. The van der Waals surface area contributed by atoms with E-state index in [2.05, 4.69) is 11.0 Å². The van der Waals surface area contributed by atoms with Gasteiger partial charge in [0.1, 0.15) is 0 Å². The number of benzene rings is 1. The second-order valence-electron chi connectivity index (χ2n) is 6.71. The number of carbonyl (C=O) groups excluding carboxylic acids is 1. The van der Waals surface area contributed by atoms with E-state index in [1.54, 1.807) is 11.3 Å². The van der Waals surface area contributed by atoms with Gasteiger partial charge in [-0.3, -0.25) is 4.79 Å². The number of rotatable bonds is 5. The molecule has 1 aromatic carbocycles. The second kappa shape index (κ2) is 6.69. The number of nitrogens with zero attached hydrogens (tertiary/aromatic N) is 3. The topological polar surface area (TPSA) is 56.7 Å². The van der Waals surface area contributed by atoms with Crippen molar-refractivity contribution in [1.82, 2.24) is 9.88 Å². The summed E-state index contributed by atoms with van der Waals surface area (Å²) in [4.78, 5) is 21.7. The molecule has 1 amide bonds. The van der Waals surface area contributed by atoms with Crippen LogP contribution in [0, 0.1) is 5.92 Å². The van der Waals surface area contributed by atoms with Crippen LogP contribution in [0.2, 0.25) is 0 Å². The molecule has 5 nitrogen and oxygen atoms in total. The van der Waals surface area contributed by atoms with E-state index in [1.807, 2.05) is 23.1 Å². The van der Waals surface area contributed by atoms with Gasteiger partial charge in [0.2, 0.25) is 5.91 Å². The fourth-order valence-corrected chi connectivity index (χ4v) is 4.53. The summed E-state index contributed by atoms with van der Waals surface area (Å²) in [5.74, 6) is 0.346. The number of fused-ring (bicyclic) bond motifs is 1. The highest BCUT2D eigenvalue weighted by atomic mass is 32.1. The third-order valence-corrected chi connectivity index (χ3v) is 6.11. The number of thiazole rings is 1. The number of aromatic nitrogens is 1. The first-order chi connectivity index (χ1) is 11.8. The third kappa shape index (κ3) is 3.13. The van der Waals surface area contributed by atoms with Crippen molar-refractivity contribution in [2.45, 2.75) is 31.7 Å². The predicted octanol–water partition coefficient (Wildman–Crippen LogP) is 2.50. The zero-order valence-electron chi connectivity index (χ0n) is 13.7. The number of hydrogen-bond acceptors (Lipinski definition) is 5. The van der Waals surface area contributed by atoms with Crippen molar-refractivity contribution >= 4 is 32.6 Å². The molecule has 0 radical (unpaired) electrons. The van der Waals surface area contributed by atoms with Crippen LogP contribution in [0.15, 0.2) is 24.3 Å². The van der Waals surface area contributed by atoms with E-state index in [0.717, 1.165) is 49.4 Å². The maximum Gasteiger partial charge on any atom is 0.226 e. The van der Waals surface area contributed by atoms with Gasteiger partial charge in [-0.25, -0.2) is 4.98 Å². The summed E-state index contributed by atoms with van der Waals surface area (Å²) >= 11 is 1.73. The van der Waals surface area contributed by atoms with Crippen LogP contribution in [-0.2, 0) is 4.79 Å². The molecule has 0 atom stereocenters. The number of para-hydroxylation sites is 1. The monoisotopic (exact) mass is 345 g/mol. The van der Waals surface area contributed by atoms with Gasteiger partial charge in [-0.1, -0.05) is 23.5 Å². The Morgan fingerprint density at radius 1 is 1.25 bits per heavy atom. The fourth-order valence-electron chi connectivity index (χ4n) is 3.51. The quantitative estimate of drug-likeness (QED) is 0.905. The lowest BCUT2D eigenvalue weighted by Crippen LogP contribution is -2.44. The summed E-state index contributed by atoms with van der Waals surface area (Å²) in [6, 6.07) is 8.60. The minimum atomic E-state index is 0.0623. The van der Waals surface area contributed by atoms with Gasteiger partial charge >= 0.3 is 0 Å². The van der Waals surface area contributed by atoms with Gasteiger partial charge in [0.05, 0.1) is 16.8 Å². The van der Waals surface area contributed by atoms with Gasteiger partial charge in [0, 0.05) is 31.6 Å². The minimum absolute atomic E-state index is 0.0623. The van der Waals surface area contributed by atoms with Crippen molar-refractivity contribution in [2.75, 3.05) is 31.1 Å². The average molecular weight is 345 g/mol. The SMILES string of the molecule is O=C(C1CCN(c2nc3ccccc3s2)CC1)N(CCO)C1CC1. The number of anilines is 1. The van der Waals surface area contributed by atoms with Crippen molar-refractivity contribution in [3.63, 3.8) is 0 Å². The van der Waals surface area contributed by atoms with E-state index in [4.69, 9.17) is 4.98 Å². The Bertz CT molecular complexity index is 687. The smallest absolute Gasteiger partial charge is 0.226 e. The summed E-state index contributed by atoms with van der Waals surface area (Å²) in [5.41, 5.74) is 1.05. The maximum absolute atomic E-state index is 12.7. The van der Waals surface area contributed by atoms with Gasteiger partial charge in [0.25, 0.3) is 0 Å². The zero-order chi connectivity index (χ0) is 16.5. The van der Waals surface area contributed by atoms with Crippen LogP contribution in [0.3, 0.4) is 0 Å². The van der Waals surface area contributed by atoms with Crippen molar-refractivity contribution in [3.05, 3.63) is 24.3 Å². The van der Waals surface area contributed by atoms with Crippen molar-refractivity contribution in [3.8, 4) is 0 Å². The number of piperidine rings is 1. The maximum atomic E-state index is 12.7. The Labute approximate surface area is 145 Å². The predicted molar refractivity (Wildman–Crippen MR) is 96.4 cm³/mol. The number of hydrogen-bond donors (Lipinski definition) is 1. The van der Waals surface area contributed by atoms with Gasteiger partial charge in [-0.15, -0.1) is 0 Å². The van der Waals surface area contributed by atoms with E-state index in [0.29, 0.717) is 12.6 Å². The normalized spacial score (nSPS) is 19.0. The molecule has 0 bridgehead atoms. The number of aliphatic hydroxyl groups excluding tert-OH is 1. The molecule has 1 saturated heterocycles. The highest BCUT2D eigenvalue weighted by Gasteiger charge is 2.36. The summed E-state index contributed by atoms with van der Waals surface area (Å²) in [7, 11) is 0. The Kier molecular flexibility index (Phi) is 4.41. The molecule has 0 unspecified atom stereocenters. The molecule has 24 heavy (non-hydrogen) atoms.